The molecule has 0 saturated carbocycles. The van der Waals surface area contributed by atoms with Gasteiger partial charge in [-0.25, -0.2) is 4.98 Å². The van der Waals surface area contributed by atoms with Gasteiger partial charge in [0.2, 0.25) is 5.91 Å². The first-order chi connectivity index (χ1) is 9.06. The summed E-state index contributed by atoms with van der Waals surface area (Å²) in [6.45, 7) is 0.189. The van der Waals surface area contributed by atoms with Crippen LogP contribution in [0.25, 0.3) is 0 Å². The summed E-state index contributed by atoms with van der Waals surface area (Å²) in [5.74, 6) is -0.884. The van der Waals surface area contributed by atoms with Gasteiger partial charge in [0, 0.05) is 23.6 Å². The van der Waals surface area contributed by atoms with E-state index in [9.17, 15) is 9.59 Å². The number of amides is 1. The highest BCUT2D eigenvalue weighted by Crippen LogP contribution is 2.28. The first-order valence-corrected chi connectivity index (χ1v) is 6.30. The Balaban J connectivity index is 2.31. The number of nitrogens with zero attached hydrogens (tertiary/aromatic N) is 3. The van der Waals surface area contributed by atoms with Crippen LogP contribution in [0.3, 0.4) is 0 Å². The van der Waals surface area contributed by atoms with Crippen LogP contribution in [0.15, 0.2) is 16.7 Å². The molecule has 6 nitrogen and oxygen atoms in total. The largest absolute Gasteiger partial charge is 0.469 e. The smallest absolute Gasteiger partial charge is 0.311 e. The van der Waals surface area contributed by atoms with Crippen molar-refractivity contribution >= 4 is 33.6 Å². The van der Waals surface area contributed by atoms with Crippen LogP contribution >= 0.6 is 15.9 Å². The van der Waals surface area contributed by atoms with Crippen LogP contribution in [0.5, 0.6) is 0 Å². The molecule has 2 rings (SSSR count). The average molecular weight is 324 g/mol. The number of aromatic nitrogens is 1. The lowest BCUT2D eigenvalue weighted by Gasteiger charge is -2.16. The molecular weight excluding hydrogens is 314 g/mol. The van der Waals surface area contributed by atoms with E-state index in [1.807, 2.05) is 6.07 Å². The minimum atomic E-state index is -0.505. The van der Waals surface area contributed by atoms with Gasteiger partial charge in [0.1, 0.15) is 6.07 Å². The SMILES string of the molecule is COC(=O)C1CC(=O)N(c2ncc(Br)cc2C#N)C1. The molecule has 7 heteroatoms. The normalized spacial score (nSPS) is 18.3. The van der Waals surface area contributed by atoms with Crippen molar-refractivity contribution in [2.24, 2.45) is 5.92 Å². The lowest BCUT2D eigenvalue weighted by atomic mass is 10.1. The van der Waals surface area contributed by atoms with Gasteiger partial charge in [0.05, 0.1) is 18.6 Å². The van der Waals surface area contributed by atoms with E-state index in [0.29, 0.717) is 4.47 Å². The van der Waals surface area contributed by atoms with Crippen LogP contribution in [0.1, 0.15) is 12.0 Å². The number of methoxy groups -OCH3 is 1. The third-order valence-corrected chi connectivity index (χ3v) is 3.30. The number of anilines is 1. The number of hydrogen-bond acceptors (Lipinski definition) is 5. The molecule has 1 atom stereocenters. The van der Waals surface area contributed by atoms with E-state index in [0.717, 1.165) is 0 Å². The summed E-state index contributed by atoms with van der Waals surface area (Å²) >= 11 is 3.22. The molecule has 0 spiro atoms. The van der Waals surface area contributed by atoms with Gasteiger partial charge in [0.25, 0.3) is 0 Å². The number of esters is 1. The van der Waals surface area contributed by atoms with E-state index < -0.39 is 11.9 Å². The van der Waals surface area contributed by atoms with Crippen molar-refractivity contribution in [3.8, 4) is 6.07 Å². The molecule has 0 bridgehead atoms. The highest BCUT2D eigenvalue weighted by Gasteiger charge is 2.37. The van der Waals surface area contributed by atoms with Crippen molar-refractivity contribution in [2.45, 2.75) is 6.42 Å². The fourth-order valence-corrected chi connectivity index (χ4v) is 2.30. The maximum atomic E-state index is 11.9. The molecule has 1 aromatic rings. The number of rotatable bonds is 2. The molecule has 0 N–H and O–H groups in total. The van der Waals surface area contributed by atoms with Crippen molar-refractivity contribution < 1.29 is 14.3 Å². The lowest BCUT2D eigenvalue weighted by Crippen LogP contribution is -2.27. The Bertz CT molecular complexity index is 582. The van der Waals surface area contributed by atoms with Crippen molar-refractivity contribution in [3.63, 3.8) is 0 Å². The maximum absolute atomic E-state index is 11.9. The van der Waals surface area contributed by atoms with E-state index in [-0.39, 0.29) is 30.3 Å². The zero-order valence-corrected chi connectivity index (χ0v) is 11.7. The number of halogens is 1. The first-order valence-electron chi connectivity index (χ1n) is 5.50. The maximum Gasteiger partial charge on any atom is 0.311 e. The van der Waals surface area contributed by atoms with Crippen LogP contribution in [-0.2, 0) is 14.3 Å². The van der Waals surface area contributed by atoms with Crippen LogP contribution in [-0.4, -0.2) is 30.5 Å². The molecule has 2 heterocycles. The molecule has 0 radical (unpaired) electrons. The van der Waals surface area contributed by atoms with Crippen LogP contribution in [0.4, 0.5) is 5.82 Å². The average Bonchev–Trinajstić information content (AvgIpc) is 2.79. The highest BCUT2D eigenvalue weighted by molar-refractivity contribution is 9.10. The second-order valence-corrected chi connectivity index (χ2v) is 4.98. The third-order valence-electron chi connectivity index (χ3n) is 2.87. The molecular formula is C12H10BrN3O3. The minimum Gasteiger partial charge on any atom is -0.469 e. The Kier molecular flexibility index (Phi) is 3.81. The topological polar surface area (TPSA) is 83.3 Å². The van der Waals surface area contributed by atoms with E-state index in [1.54, 1.807) is 6.07 Å². The van der Waals surface area contributed by atoms with Gasteiger partial charge in [-0.15, -0.1) is 0 Å². The van der Waals surface area contributed by atoms with Gasteiger partial charge in [-0.05, 0) is 22.0 Å². The zero-order valence-electron chi connectivity index (χ0n) is 10.1. The summed E-state index contributed by atoms with van der Waals surface area (Å²) in [4.78, 5) is 28.8. The number of carbonyl (C=O) groups is 2. The molecule has 98 valence electrons. The standard InChI is InChI=1S/C12H10BrN3O3/c1-19-12(18)8-3-10(17)16(6-8)11-7(4-14)2-9(13)5-15-11/h2,5,8H,3,6H2,1H3. The van der Waals surface area contributed by atoms with Gasteiger partial charge in [-0.1, -0.05) is 0 Å². The van der Waals surface area contributed by atoms with Crippen LogP contribution in [0, 0.1) is 17.2 Å². The molecule has 1 amide bonds. The molecule has 0 aromatic carbocycles. The van der Waals surface area contributed by atoms with Crippen molar-refractivity contribution in [1.29, 1.82) is 5.26 Å². The number of carbonyl (C=O) groups excluding carboxylic acids is 2. The van der Waals surface area contributed by atoms with Crippen molar-refractivity contribution in [3.05, 3.63) is 22.3 Å². The van der Waals surface area contributed by atoms with E-state index in [1.165, 1.54) is 18.2 Å². The summed E-state index contributed by atoms with van der Waals surface area (Å²) in [6, 6.07) is 3.57. The Labute approximate surface area is 118 Å². The van der Waals surface area contributed by atoms with Crippen LogP contribution < -0.4 is 4.90 Å². The molecule has 1 aromatic heterocycles. The molecule has 1 unspecified atom stereocenters. The van der Waals surface area contributed by atoms with Crippen molar-refractivity contribution in [1.82, 2.24) is 4.98 Å². The van der Waals surface area contributed by atoms with Crippen molar-refractivity contribution in [2.75, 3.05) is 18.6 Å². The Morgan fingerprint density at radius 1 is 1.68 bits per heavy atom. The van der Waals surface area contributed by atoms with Gasteiger partial charge in [-0.2, -0.15) is 5.26 Å². The summed E-state index contributed by atoms with van der Waals surface area (Å²) in [5, 5.41) is 9.07. The Morgan fingerprint density at radius 2 is 2.42 bits per heavy atom. The molecule has 0 aliphatic carbocycles. The lowest BCUT2D eigenvalue weighted by molar-refractivity contribution is -0.145. The Morgan fingerprint density at radius 3 is 3.05 bits per heavy atom. The second-order valence-electron chi connectivity index (χ2n) is 4.07. The summed E-state index contributed by atoms with van der Waals surface area (Å²) in [7, 11) is 1.29. The fraction of sp³-hybridized carbons (Fsp3) is 0.333. The van der Waals surface area contributed by atoms with Gasteiger partial charge >= 0.3 is 5.97 Å². The second kappa shape index (κ2) is 5.36. The summed E-state index contributed by atoms with van der Waals surface area (Å²) in [6.07, 6.45) is 1.59. The summed E-state index contributed by atoms with van der Waals surface area (Å²) in [5.41, 5.74) is 0.285. The first kappa shape index (κ1) is 13.5. The monoisotopic (exact) mass is 323 g/mol. The number of pyridine rings is 1. The predicted octanol–water partition coefficient (Wildman–Crippen LogP) is 1.24. The molecule has 1 saturated heterocycles. The molecule has 1 aliphatic heterocycles. The molecule has 19 heavy (non-hydrogen) atoms. The number of nitriles is 1. The highest BCUT2D eigenvalue weighted by atomic mass is 79.9. The fourth-order valence-electron chi connectivity index (χ4n) is 1.97. The zero-order chi connectivity index (χ0) is 14.0. The number of ether oxygens (including phenoxy) is 1. The summed E-state index contributed by atoms with van der Waals surface area (Å²) < 4.78 is 5.29. The minimum absolute atomic E-state index is 0.0787. The number of hydrogen-bond donors (Lipinski definition) is 0. The van der Waals surface area contributed by atoms with E-state index >= 15 is 0 Å². The van der Waals surface area contributed by atoms with Gasteiger partial charge < -0.3 is 4.74 Å². The van der Waals surface area contributed by atoms with E-state index in [2.05, 4.69) is 25.7 Å². The van der Waals surface area contributed by atoms with Crippen LogP contribution in [0.2, 0.25) is 0 Å². The van der Waals surface area contributed by atoms with E-state index in [4.69, 9.17) is 5.26 Å². The van der Waals surface area contributed by atoms with Gasteiger partial charge in [-0.3, -0.25) is 14.5 Å². The molecule has 1 fully saturated rings. The Hall–Kier alpha value is -1.94. The third kappa shape index (κ3) is 2.58. The quantitative estimate of drug-likeness (QED) is 0.765. The molecule has 1 aliphatic rings. The van der Waals surface area contributed by atoms with Gasteiger partial charge in [0.15, 0.2) is 5.82 Å². The predicted molar refractivity (Wildman–Crippen MR) is 69.1 cm³/mol.